The number of rotatable bonds is 3. The minimum Gasteiger partial charge on any atom is -0.384 e. The average Bonchev–Trinajstić information content (AvgIpc) is 2.05. The van der Waals surface area contributed by atoms with Crippen molar-refractivity contribution in [2.45, 2.75) is 5.92 Å². The lowest BCUT2D eigenvalue weighted by Gasteiger charge is -2.09. The van der Waals surface area contributed by atoms with Gasteiger partial charge in [-0.05, 0) is 24.6 Å². The molecular formula is C10H12ClO. The van der Waals surface area contributed by atoms with E-state index in [9.17, 15) is 0 Å². The average molecular weight is 184 g/mol. The van der Waals surface area contributed by atoms with E-state index in [2.05, 4.69) is 6.92 Å². The van der Waals surface area contributed by atoms with Gasteiger partial charge in [-0.1, -0.05) is 23.7 Å². The highest BCUT2D eigenvalue weighted by molar-refractivity contribution is 6.30. The fourth-order valence-electron chi connectivity index (χ4n) is 1.06. The van der Waals surface area contributed by atoms with Gasteiger partial charge in [0.2, 0.25) is 0 Å². The Labute approximate surface area is 78.3 Å². The van der Waals surface area contributed by atoms with Gasteiger partial charge in [0.25, 0.3) is 0 Å². The Kier molecular flexibility index (Phi) is 3.57. The number of hydrogen-bond donors (Lipinski definition) is 0. The summed E-state index contributed by atoms with van der Waals surface area (Å²) >= 11 is 5.82. The molecule has 0 amide bonds. The topological polar surface area (TPSA) is 9.23 Å². The molecule has 0 N–H and O–H groups in total. The predicted molar refractivity (Wildman–Crippen MR) is 51.4 cm³/mol. The van der Waals surface area contributed by atoms with Crippen LogP contribution in [0.15, 0.2) is 24.3 Å². The quantitative estimate of drug-likeness (QED) is 0.700. The fourth-order valence-corrected chi connectivity index (χ4v) is 1.26. The van der Waals surface area contributed by atoms with Crippen LogP contribution in [-0.2, 0) is 4.74 Å². The molecule has 2 heteroatoms. The number of hydrogen-bond acceptors (Lipinski definition) is 1. The van der Waals surface area contributed by atoms with E-state index in [0.29, 0.717) is 6.61 Å². The van der Waals surface area contributed by atoms with E-state index in [-0.39, 0.29) is 5.92 Å². The first-order valence-corrected chi connectivity index (χ1v) is 4.19. The molecule has 12 heavy (non-hydrogen) atoms. The molecule has 0 saturated carbocycles. The van der Waals surface area contributed by atoms with Crippen LogP contribution in [0, 0.1) is 6.92 Å². The molecule has 65 valence electrons. The van der Waals surface area contributed by atoms with Crippen molar-refractivity contribution in [2.75, 3.05) is 13.7 Å². The van der Waals surface area contributed by atoms with E-state index >= 15 is 0 Å². The molecule has 0 aromatic heterocycles. The van der Waals surface area contributed by atoms with Crippen LogP contribution in [0.3, 0.4) is 0 Å². The van der Waals surface area contributed by atoms with E-state index in [1.165, 1.54) is 0 Å². The van der Waals surface area contributed by atoms with Crippen LogP contribution < -0.4 is 0 Å². The maximum atomic E-state index is 5.82. The summed E-state index contributed by atoms with van der Waals surface area (Å²) in [6.45, 7) is 4.58. The summed E-state index contributed by atoms with van der Waals surface area (Å²) in [6, 6.07) is 7.69. The molecule has 0 fully saturated rings. The van der Waals surface area contributed by atoms with Crippen molar-refractivity contribution in [1.82, 2.24) is 0 Å². The maximum Gasteiger partial charge on any atom is 0.0530 e. The van der Waals surface area contributed by atoms with Crippen molar-refractivity contribution >= 4 is 11.6 Å². The highest BCUT2D eigenvalue weighted by atomic mass is 35.5. The second-order valence-corrected chi connectivity index (χ2v) is 3.14. The first kappa shape index (κ1) is 9.56. The van der Waals surface area contributed by atoms with Crippen molar-refractivity contribution in [2.24, 2.45) is 0 Å². The molecule has 0 aliphatic rings. The molecule has 1 aromatic carbocycles. The van der Waals surface area contributed by atoms with Gasteiger partial charge in [0.05, 0.1) is 6.61 Å². The van der Waals surface area contributed by atoms with Gasteiger partial charge in [0, 0.05) is 18.1 Å². The van der Waals surface area contributed by atoms with Gasteiger partial charge in [0.1, 0.15) is 0 Å². The monoisotopic (exact) mass is 183 g/mol. The van der Waals surface area contributed by atoms with E-state index in [0.717, 1.165) is 10.6 Å². The van der Waals surface area contributed by atoms with Gasteiger partial charge >= 0.3 is 0 Å². The van der Waals surface area contributed by atoms with E-state index < -0.39 is 0 Å². The summed E-state index contributed by atoms with van der Waals surface area (Å²) < 4.78 is 4.99. The lowest BCUT2D eigenvalue weighted by molar-refractivity contribution is 0.190. The Hall–Kier alpha value is -0.530. The Bertz CT molecular complexity index is 247. The van der Waals surface area contributed by atoms with E-state index in [4.69, 9.17) is 16.3 Å². The van der Waals surface area contributed by atoms with Gasteiger partial charge < -0.3 is 4.74 Å². The minimum atomic E-state index is 0.161. The van der Waals surface area contributed by atoms with E-state index in [1.54, 1.807) is 7.11 Å². The third-order valence-corrected chi connectivity index (χ3v) is 1.92. The lowest BCUT2D eigenvalue weighted by Crippen LogP contribution is -2.01. The Morgan fingerprint density at radius 3 is 2.92 bits per heavy atom. The predicted octanol–water partition coefficient (Wildman–Crippen LogP) is 2.90. The molecule has 1 unspecified atom stereocenters. The fraction of sp³-hybridized carbons (Fsp3) is 0.300. The highest BCUT2D eigenvalue weighted by Gasteiger charge is 2.04. The zero-order valence-corrected chi connectivity index (χ0v) is 7.84. The summed E-state index contributed by atoms with van der Waals surface area (Å²) in [5.41, 5.74) is 1.12. The molecule has 0 spiro atoms. The third-order valence-electron chi connectivity index (χ3n) is 1.69. The van der Waals surface area contributed by atoms with Gasteiger partial charge in [-0.15, -0.1) is 0 Å². The van der Waals surface area contributed by atoms with Crippen molar-refractivity contribution in [3.63, 3.8) is 0 Å². The maximum absolute atomic E-state index is 5.82. The van der Waals surface area contributed by atoms with Crippen LogP contribution in [0.4, 0.5) is 0 Å². The molecule has 0 aliphatic carbocycles. The SMILES string of the molecule is [CH2]C(COC)c1cccc(Cl)c1. The molecule has 0 saturated heterocycles. The molecule has 1 nitrogen and oxygen atoms in total. The van der Waals surface area contributed by atoms with Crippen LogP contribution in [0.2, 0.25) is 5.02 Å². The van der Waals surface area contributed by atoms with Gasteiger partial charge in [-0.25, -0.2) is 0 Å². The van der Waals surface area contributed by atoms with Gasteiger partial charge in [-0.2, -0.15) is 0 Å². The Morgan fingerprint density at radius 2 is 2.33 bits per heavy atom. The number of halogens is 1. The van der Waals surface area contributed by atoms with Crippen molar-refractivity contribution in [3.8, 4) is 0 Å². The summed E-state index contributed by atoms with van der Waals surface area (Å²) in [7, 11) is 1.67. The molecule has 0 aliphatic heterocycles. The minimum absolute atomic E-state index is 0.161. The summed E-state index contributed by atoms with van der Waals surface area (Å²) in [5.74, 6) is 0.161. The van der Waals surface area contributed by atoms with Gasteiger partial charge in [-0.3, -0.25) is 0 Å². The zero-order valence-electron chi connectivity index (χ0n) is 7.09. The summed E-state index contributed by atoms with van der Waals surface area (Å²) in [6.07, 6.45) is 0. The van der Waals surface area contributed by atoms with Crippen LogP contribution in [-0.4, -0.2) is 13.7 Å². The molecule has 0 heterocycles. The van der Waals surface area contributed by atoms with Crippen LogP contribution in [0.1, 0.15) is 11.5 Å². The summed E-state index contributed by atoms with van der Waals surface area (Å²) in [4.78, 5) is 0. The molecular weight excluding hydrogens is 172 g/mol. The molecule has 1 atom stereocenters. The van der Waals surface area contributed by atoms with Crippen LogP contribution in [0.5, 0.6) is 0 Å². The second kappa shape index (κ2) is 4.48. The van der Waals surface area contributed by atoms with Gasteiger partial charge in [0.15, 0.2) is 0 Å². The number of benzene rings is 1. The highest BCUT2D eigenvalue weighted by Crippen LogP contribution is 2.18. The van der Waals surface area contributed by atoms with Crippen LogP contribution in [0.25, 0.3) is 0 Å². The van der Waals surface area contributed by atoms with Crippen molar-refractivity contribution in [1.29, 1.82) is 0 Å². The standard InChI is InChI=1S/C10H12ClO/c1-8(7-12-2)9-4-3-5-10(11)6-9/h3-6,8H,1,7H2,2H3. The molecule has 1 radical (unpaired) electrons. The smallest absolute Gasteiger partial charge is 0.0530 e. The summed E-state index contributed by atoms with van der Waals surface area (Å²) in [5, 5.41) is 0.747. The first-order chi connectivity index (χ1) is 5.74. The van der Waals surface area contributed by atoms with Crippen LogP contribution >= 0.6 is 11.6 Å². The molecule has 1 aromatic rings. The normalized spacial score (nSPS) is 12.9. The van der Waals surface area contributed by atoms with E-state index in [1.807, 2.05) is 24.3 Å². The van der Waals surface area contributed by atoms with Crippen molar-refractivity contribution < 1.29 is 4.74 Å². The Morgan fingerprint density at radius 1 is 1.58 bits per heavy atom. The Balaban J connectivity index is 2.73. The second-order valence-electron chi connectivity index (χ2n) is 2.71. The largest absolute Gasteiger partial charge is 0.384 e. The van der Waals surface area contributed by atoms with Crippen molar-refractivity contribution in [3.05, 3.63) is 41.8 Å². The molecule has 1 rings (SSSR count). The zero-order chi connectivity index (χ0) is 8.97. The lowest BCUT2D eigenvalue weighted by atomic mass is 10.0. The number of methoxy groups -OCH3 is 1. The first-order valence-electron chi connectivity index (χ1n) is 3.81. The number of ether oxygens (including phenoxy) is 1. The third kappa shape index (κ3) is 2.50. The molecule has 0 bridgehead atoms.